The summed E-state index contributed by atoms with van der Waals surface area (Å²) in [6.45, 7) is 7.36. The van der Waals surface area contributed by atoms with E-state index in [-0.39, 0.29) is 4.75 Å². The second-order valence-corrected chi connectivity index (χ2v) is 6.22. The van der Waals surface area contributed by atoms with Crippen LogP contribution < -0.4 is 10.6 Å². The molecular weight excluding hydrogens is 228 g/mol. The Bertz CT molecular complexity index is 277. The maximum atomic E-state index is 11.4. The lowest BCUT2D eigenvalue weighted by molar-refractivity contribution is -0.142. The Balaban J connectivity index is 4.16. The van der Waals surface area contributed by atoms with E-state index < -0.39 is 17.5 Å². The molecule has 0 aromatic carbocycles. The van der Waals surface area contributed by atoms with Gasteiger partial charge in [-0.05, 0) is 34.0 Å². The molecule has 0 spiro atoms. The van der Waals surface area contributed by atoms with E-state index in [2.05, 4.69) is 10.6 Å². The number of carboxylic acids is 1. The van der Waals surface area contributed by atoms with Crippen LogP contribution in [-0.4, -0.2) is 40.2 Å². The van der Waals surface area contributed by atoms with Gasteiger partial charge in [-0.1, -0.05) is 0 Å². The van der Waals surface area contributed by atoms with Crippen LogP contribution in [0.1, 0.15) is 27.7 Å². The van der Waals surface area contributed by atoms with Crippen LogP contribution in [-0.2, 0) is 4.79 Å². The third-order valence-electron chi connectivity index (χ3n) is 2.19. The van der Waals surface area contributed by atoms with Gasteiger partial charge in [-0.2, -0.15) is 11.8 Å². The first-order valence-corrected chi connectivity index (χ1v) is 6.18. The molecule has 0 aliphatic carbocycles. The Morgan fingerprint density at radius 1 is 1.25 bits per heavy atom. The van der Waals surface area contributed by atoms with Crippen molar-refractivity contribution >= 4 is 23.8 Å². The number of urea groups is 1. The molecule has 0 heterocycles. The number of hydrogen-bond acceptors (Lipinski definition) is 3. The molecule has 0 aliphatic rings. The van der Waals surface area contributed by atoms with E-state index in [9.17, 15) is 9.59 Å². The van der Waals surface area contributed by atoms with Gasteiger partial charge in [-0.15, -0.1) is 0 Å². The highest BCUT2D eigenvalue weighted by Gasteiger charge is 2.29. The number of amides is 2. The van der Waals surface area contributed by atoms with Crippen molar-refractivity contribution in [2.24, 2.45) is 0 Å². The second-order valence-electron chi connectivity index (χ2n) is 4.70. The number of carbonyl (C=O) groups excluding carboxylic acids is 1. The molecule has 0 bridgehead atoms. The van der Waals surface area contributed by atoms with Gasteiger partial charge in [0.25, 0.3) is 0 Å². The average Bonchev–Trinajstić information content (AvgIpc) is 2.14. The van der Waals surface area contributed by atoms with E-state index >= 15 is 0 Å². The minimum atomic E-state index is -1.26. The number of nitrogens with one attached hydrogen (secondary N) is 2. The van der Waals surface area contributed by atoms with Crippen molar-refractivity contribution in [1.82, 2.24) is 10.6 Å². The average molecular weight is 248 g/mol. The van der Waals surface area contributed by atoms with E-state index in [1.165, 1.54) is 13.8 Å². The molecule has 0 unspecified atom stereocenters. The highest BCUT2D eigenvalue weighted by Crippen LogP contribution is 2.19. The predicted molar refractivity (Wildman–Crippen MR) is 65.8 cm³/mol. The van der Waals surface area contributed by atoms with Gasteiger partial charge < -0.3 is 15.7 Å². The molecule has 0 aromatic rings. The Kier molecular flexibility index (Phi) is 5.12. The molecule has 0 fully saturated rings. The third kappa shape index (κ3) is 5.25. The number of aliphatic carboxylic acids is 1. The lowest BCUT2D eigenvalue weighted by Crippen LogP contribution is -2.54. The smallest absolute Gasteiger partial charge is 0.328 e. The summed E-state index contributed by atoms with van der Waals surface area (Å²) in [5, 5.41) is 13.9. The van der Waals surface area contributed by atoms with E-state index in [4.69, 9.17) is 5.11 Å². The first kappa shape index (κ1) is 15.1. The van der Waals surface area contributed by atoms with Crippen LogP contribution in [0.5, 0.6) is 0 Å². The van der Waals surface area contributed by atoms with Crippen molar-refractivity contribution in [3.63, 3.8) is 0 Å². The van der Waals surface area contributed by atoms with Crippen molar-refractivity contribution < 1.29 is 14.7 Å². The summed E-state index contributed by atoms with van der Waals surface area (Å²) < 4.78 is -0.0648. The highest BCUT2D eigenvalue weighted by atomic mass is 32.2. The fourth-order valence-electron chi connectivity index (χ4n) is 0.747. The maximum absolute atomic E-state index is 11.4. The van der Waals surface area contributed by atoms with Crippen LogP contribution in [0.2, 0.25) is 0 Å². The zero-order valence-electron chi connectivity index (χ0n) is 10.4. The monoisotopic (exact) mass is 248 g/mol. The summed E-state index contributed by atoms with van der Waals surface area (Å²) in [4.78, 5) is 22.2. The van der Waals surface area contributed by atoms with E-state index in [0.717, 1.165) is 0 Å². The van der Waals surface area contributed by atoms with Gasteiger partial charge in [0, 0.05) is 11.3 Å². The fraction of sp³-hybridized carbons (Fsp3) is 0.800. The van der Waals surface area contributed by atoms with Crippen LogP contribution in [0.15, 0.2) is 0 Å². The summed E-state index contributed by atoms with van der Waals surface area (Å²) in [7, 11) is 0. The van der Waals surface area contributed by atoms with Gasteiger partial charge >= 0.3 is 12.0 Å². The number of rotatable bonds is 5. The molecule has 0 rings (SSSR count). The standard InChI is InChI=1S/C10H20N2O3S/c1-9(2,16-5)6-11-8(15)12-10(3,4)7(13)14/h6H2,1-5H3,(H,13,14)(H2,11,12,15). The number of carboxylic acid groups (broad SMARTS) is 1. The minimum Gasteiger partial charge on any atom is -0.480 e. The quantitative estimate of drug-likeness (QED) is 0.685. The Hall–Kier alpha value is -0.910. The zero-order valence-corrected chi connectivity index (χ0v) is 11.2. The van der Waals surface area contributed by atoms with Crippen molar-refractivity contribution in [2.45, 2.75) is 38.0 Å². The maximum Gasteiger partial charge on any atom is 0.328 e. The molecule has 0 aromatic heterocycles. The van der Waals surface area contributed by atoms with Gasteiger partial charge in [0.05, 0.1) is 0 Å². The lowest BCUT2D eigenvalue weighted by Gasteiger charge is -2.25. The topological polar surface area (TPSA) is 78.4 Å². The Labute approximate surface area is 100 Å². The minimum absolute atomic E-state index is 0.0648. The van der Waals surface area contributed by atoms with Gasteiger partial charge in [-0.25, -0.2) is 9.59 Å². The van der Waals surface area contributed by atoms with Crippen LogP contribution in [0, 0.1) is 0 Å². The van der Waals surface area contributed by atoms with E-state index in [0.29, 0.717) is 6.54 Å². The summed E-state index contributed by atoms with van der Waals surface area (Å²) in [5.74, 6) is -1.06. The SMILES string of the molecule is CSC(C)(C)CNC(=O)NC(C)(C)C(=O)O. The first-order valence-electron chi connectivity index (χ1n) is 4.95. The number of carbonyl (C=O) groups is 2. The molecule has 0 saturated carbocycles. The van der Waals surface area contributed by atoms with E-state index in [1.807, 2.05) is 20.1 Å². The highest BCUT2D eigenvalue weighted by molar-refractivity contribution is 7.99. The summed E-state index contributed by atoms with van der Waals surface area (Å²) in [6, 6.07) is -0.463. The Morgan fingerprint density at radius 2 is 1.75 bits per heavy atom. The van der Waals surface area contributed by atoms with Crippen LogP contribution in [0.3, 0.4) is 0 Å². The molecule has 94 valence electrons. The molecular formula is C10H20N2O3S. The predicted octanol–water partition coefficient (Wildman–Crippen LogP) is 1.29. The molecule has 0 radical (unpaired) electrons. The van der Waals surface area contributed by atoms with Gasteiger partial charge in [0.2, 0.25) is 0 Å². The third-order valence-corrected chi connectivity index (χ3v) is 3.44. The van der Waals surface area contributed by atoms with Crippen LogP contribution >= 0.6 is 11.8 Å². The van der Waals surface area contributed by atoms with Crippen molar-refractivity contribution in [3.05, 3.63) is 0 Å². The molecule has 0 saturated heterocycles. The molecule has 5 nitrogen and oxygen atoms in total. The van der Waals surface area contributed by atoms with Gasteiger partial charge in [-0.3, -0.25) is 0 Å². The summed E-state index contributed by atoms with van der Waals surface area (Å²) >= 11 is 1.63. The number of thioether (sulfide) groups is 1. The van der Waals surface area contributed by atoms with Gasteiger partial charge in [0.15, 0.2) is 0 Å². The molecule has 6 heteroatoms. The normalized spacial score (nSPS) is 12.1. The molecule has 0 aliphatic heterocycles. The molecule has 2 amide bonds. The Morgan fingerprint density at radius 3 is 2.12 bits per heavy atom. The van der Waals surface area contributed by atoms with Crippen molar-refractivity contribution in [2.75, 3.05) is 12.8 Å². The lowest BCUT2D eigenvalue weighted by atomic mass is 10.1. The van der Waals surface area contributed by atoms with Crippen molar-refractivity contribution in [1.29, 1.82) is 0 Å². The van der Waals surface area contributed by atoms with Gasteiger partial charge in [0.1, 0.15) is 5.54 Å². The summed E-state index contributed by atoms with van der Waals surface area (Å²) in [6.07, 6.45) is 1.96. The van der Waals surface area contributed by atoms with Crippen molar-refractivity contribution in [3.8, 4) is 0 Å². The fourth-order valence-corrected chi connectivity index (χ4v) is 0.963. The largest absolute Gasteiger partial charge is 0.480 e. The van der Waals surface area contributed by atoms with Crippen LogP contribution in [0.4, 0.5) is 4.79 Å². The zero-order chi connectivity index (χ0) is 13.0. The molecule has 3 N–H and O–H groups in total. The van der Waals surface area contributed by atoms with E-state index in [1.54, 1.807) is 11.8 Å². The molecule has 0 atom stereocenters. The second kappa shape index (κ2) is 5.43. The molecule has 16 heavy (non-hydrogen) atoms. The van der Waals surface area contributed by atoms with Crippen LogP contribution in [0.25, 0.3) is 0 Å². The first-order chi connectivity index (χ1) is 7.10. The number of hydrogen-bond donors (Lipinski definition) is 3. The summed E-state index contributed by atoms with van der Waals surface area (Å²) in [5.41, 5.74) is -1.26.